The summed E-state index contributed by atoms with van der Waals surface area (Å²) >= 11 is 0. The predicted octanol–water partition coefficient (Wildman–Crippen LogP) is 3.14. The number of nitrogens with zero attached hydrogens (tertiary/aromatic N) is 3. The van der Waals surface area contributed by atoms with Gasteiger partial charge in [-0.2, -0.15) is 10.4 Å². The van der Waals surface area contributed by atoms with Crippen LogP contribution in [0.2, 0.25) is 0 Å². The van der Waals surface area contributed by atoms with Crippen LogP contribution in [0.1, 0.15) is 43.6 Å². The quantitative estimate of drug-likeness (QED) is 0.869. The number of carbonyl (C=O) groups excluding carboxylic acids is 1. The van der Waals surface area contributed by atoms with E-state index in [4.69, 9.17) is 4.74 Å². The van der Waals surface area contributed by atoms with Gasteiger partial charge in [-0.25, -0.2) is 4.79 Å². The lowest BCUT2D eigenvalue weighted by Gasteiger charge is -2.34. The van der Waals surface area contributed by atoms with E-state index in [1.54, 1.807) is 10.9 Å². The molecule has 0 radical (unpaired) electrons. The molecule has 1 aromatic carbocycles. The molecular weight excluding hydrogens is 342 g/mol. The van der Waals surface area contributed by atoms with Gasteiger partial charge in [-0.1, -0.05) is 6.07 Å². The molecule has 2 aromatic rings. The molecule has 27 heavy (non-hydrogen) atoms. The molecule has 142 valence electrons. The number of aromatic nitrogens is 2. The van der Waals surface area contributed by atoms with E-state index < -0.39 is 11.7 Å². The second kappa shape index (κ2) is 7.31. The third-order valence-corrected chi connectivity index (χ3v) is 4.64. The first kappa shape index (κ1) is 18.8. The highest BCUT2D eigenvalue weighted by atomic mass is 16.6. The van der Waals surface area contributed by atoms with Gasteiger partial charge in [0.25, 0.3) is 0 Å². The number of nitriles is 1. The number of alkyl carbamates (subject to hydrolysis) is 1. The van der Waals surface area contributed by atoms with Gasteiger partial charge >= 0.3 is 6.09 Å². The number of hydrogen-bond acceptors (Lipinski definition) is 5. The summed E-state index contributed by atoms with van der Waals surface area (Å²) in [5.41, 5.74) is 2.93. The van der Waals surface area contributed by atoms with Crippen molar-refractivity contribution in [2.24, 2.45) is 13.0 Å². The van der Waals surface area contributed by atoms with Gasteiger partial charge in [-0.15, -0.1) is 0 Å². The lowest BCUT2D eigenvalue weighted by molar-refractivity contribution is 0.0483. The van der Waals surface area contributed by atoms with E-state index in [2.05, 4.69) is 21.8 Å². The van der Waals surface area contributed by atoms with E-state index in [1.165, 1.54) is 0 Å². The van der Waals surface area contributed by atoms with Gasteiger partial charge in [-0.3, -0.25) is 4.68 Å². The number of hydrogen-bond donors (Lipinski definition) is 2. The molecule has 0 saturated carbocycles. The van der Waals surface area contributed by atoms with Crippen LogP contribution in [0, 0.1) is 17.2 Å². The molecule has 0 aliphatic carbocycles. The summed E-state index contributed by atoms with van der Waals surface area (Å²) in [6.07, 6.45) is 1.93. The van der Waals surface area contributed by atoms with Gasteiger partial charge in [-0.05, 0) is 51.0 Å². The van der Waals surface area contributed by atoms with Crippen molar-refractivity contribution in [3.8, 4) is 6.07 Å². The molecule has 2 heterocycles. The molecular formula is C20H25N5O2. The molecule has 0 saturated heterocycles. The Balaban J connectivity index is 1.89. The summed E-state index contributed by atoms with van der Waals surface area (Å²) in [7, 11) is 1.85. The van der Waals surface area contributed by atoms with Crippen LogP contribution in [0.4, 0.5) is 10.5 Å². The van der Waals surface area contributed by atoms with Crippen molar-refractivity contribution < 1.29 is 9.53 Å². The van der Waals surface area contributed by atoms with Crippen molar-refractivity contribution in [2.75, 3.05) is 11.9 Å². The number of carbonyl (C=O) groups is 1. The molecule has 3 rings (SSSR count). The number of nitrogens with one attached hydrogen (secondary N) is 2. The highest BCUT2D eigenvalue weighted by Gasteiger charge is 2.32. The van der Waals surface area contributed by atoms with Gasteiger partial charge in [0.1, 0.15) is 5.60 Å². The molecule has 2 N–H and O–H groups in total. The van der Waals surface area contributed by atoms with E-state index in [0.717, 1.165) is 16.9 Å². The zero-order valence-corrected chi connectivity index (χ0v) is 16.1. The van der Waals surface area contributed by atoms with Gasteiger partial charge in [0, 0.05) is 31.4 Å². The van der Waals surface area contributed by atoms with Crippen molar-refractivity contribution >= 4 is 11.8 Å². The van der Waals surface area contributed by atoms with E-state index in [0.29, 0.717) is 18.5 Å². The van der Waals surface area contributed by atoms with E-state index in [9.17, 15) is 10.1 Å². The second-order valence-corrected chi connectivity index (χ2v) is 7.79. The fourth-order valence-corrected chi connectivity index (χ4v) is 3.45. The van der Waals surface area contributed by atoms with Crippen LogP contribution in [0.25, 0.3) is 0 Å². The Bertz CT molecular complexity index is 875. The average Bonchev–Trinajstić information content (AvgIpc) is 3.03. The first-order valence-corrected chi connectivity index (χ1v) is 9.02. The summed E-state index contributed by atoms with van der Waals surface area (Å²) in [6, 6.07) is 9.55. The number of ether oxygens (including phenoxy) is 1. The van der Waals surface area contributed by atoms with E-state index >= 15 is 0 Å². The van der Waals surface area contributed by atoms with Crippen LogP contribution >= 0.6 is 0 Å². The normalized spacial score (nSPS) is 17.2. The van der Waals surface area contributed by atoms with Gasteiger partial charge < -0.3 is 15.4 Å². The summed E-state index contributed by atoms with van der Waals surface area (Å²) in [6.45, 7) is 6.18. The van der Waals surface area contributed by atoms with Crippen molar-refractivity contribution in [3.63, 3.8) is 0 Å². The zero-order chi connectivity index (χ0) is 19.6. The molecule has 2 atom stereocenters. The van der Waals surface area contributed by atoms with E-state index in [-0.39, 0.29) is 12.0 Å². The van der Waals surface area contributed by atoms with Crippen LogP contribution in [-0.2, 0) is 18.2 Å². The number of fused-ring (bicyclic) bond motifs is 1. The lowest BCUT2D eigenvalue weighted by atomic mass is 9.85. The maximum Gasteiger partial charge on any atom is 0.408 e. The lowest BCUT2D eigenvalue weighted by Crippen LogP contribution is -2.42. The van der Waals surface area contributed by atoms with Crippen molar-refractivity contribution in [2.45, 2.75) is 38.8 Å². The third kappa shape index (κ3) is 4.22. The van der Waals surface area contributed by atoms with Crippen molar-refractivity contribution in [3.05, 3.63) is 47.3 Å². The fourth-order valence-electron chi connectivity index (χ4n) is 3.45. The summed E-state index contributed by atoms with van der Waals surface area (Å²) in [5.74, 6) is 0.0509. The number of rotatable bonds is 3. The topological polar surface area (TPSA) is 92.0 Å². The Morgan fingerprint density at radius 3 is 2.85 bits per heavy atom. The minimum absolute atomic E-state index is 0.0509. The Hall–Kier alpha value is -3.01. The molecule has 0 fully saturated rings. The SMILES string of the molecule is Cn1nccc1[C@@H](NC(=O)OC(C)(C)C)[C@@H]1CNc2cccc(C#N)c2C1. The van der Waals surface area contributed by atoms with Gasteiger partial charge in [0.2, 0.25) is 0 Å². The molecule has 7 heteroatoms. The van der Waals surface area contributed by atoms with Crippen LogP contribution in [-0.4, -0.2) is 28.0 Å². The molecule has 0 spiro atoms. The third-order valence-electron chi connectivity index (χ3n) is 4.64. The Morgan fingerprint density at radius 2 is 2.22 bits per heavy atom. The molecule has 1 aliphatic rings. The summed E-state index contributed by atoms with van der Waals surface area (Å²) < 4.78 is 7.22. The molecule has 1 amide bonds. The number of aryl methyl sites for hydroxylation is 1. The smallest absolute Gasteiger partial charge is 0.408 e. The molecule has 0 bridgehead atoms. The molecule has 1 aromatic heterocycles. The summed E-state index contributed by atoms with van der Waals surface area (Å²) in [5, 5.41) is 20.1. The minimum Gasteiger partial charge on any atom is -0.444 e. The Kier molecular flexibility index (Phi) is 5.08. The Labute approximate surface area is 159 Å². The average molecular weight is 367 g/mol. The standard InChI is InChI=1S/C20H25N5O2/c1-20(2,3)27-19(26)24-18(17-8-9-23-25(17)4)14-10-15-13(11-21)6-5-7-16(15)22-12-14/h5-9,14,18,22H,10,12H2,1-4H3,(H,24,26)/t14-,18-/m0/s1. The van der Waals surface area contributed by atoms with Gasteiger partial charge in [0.15, 0.2) is 0 Å². The van der Waals surface area contributed by atoms with Crippen molar-refractivity contribution in [1.29, 1.82) is 5.26 Å². The number of amides is 1. The highest BCUT2D eigenvalue weighted by molar-refractivity contribution is 5.68. The van der Waals surface area contributed by atoms with E-state index in [1.807, 2.05) is 52.1 Å². The molecule has 7 nitrogen and oxygen atoms in total. The minimum atomic E-state index is -0.577. The zero-order valence-electron chi connectivity index (χ0n) is 16.1. The van der Waals surface area contributed by atoms with Crippen molar-refractivity contribution in [1.82, 2.24) is 15.1 Å². The molecule has 1 aliphatic heterocycles. The first-order valence-electron chi connectivity index (χ1n) is 9.02. The molecule has 0 unspecified atom stereocenters. The van der Waals surface area contributed by atoms with Gasteiger partial charge in [0.05, 0.1) is 23.4 Å². The van der Waals surface area contributed by atoms with Crippen LogP contribution in [0.3, 0.4) is 0 Å². The number of benzene rings is 1. The second-order valence-electron chi connectivity index (χ2n) is 7.79. The largest absolute Gasteiger partial charge is 0.444 e. The summed E-state index contributed by atoms with van der Waals surface area (Å²) in [4.78, 5) is 12.5. The van der Waals surface area contributed by atoms with Crippen LogP contribution in [0.5, 0.6) is 0 Å². The predicted molar refractivity (Wildman–Crippen MR) is 102 cm³/mol. The monoisotopic (exact) mass is 367 g/mol. The number of anilines is 1. The maximum atomic E-state index is 12.5. The highest BCUT2D eigenvalue weighted by Crippen LogP contribution is 2.34. The first-order chi connectivity index (χ1) is 12.8. The van der Waals surface area contributed by atoms with Crippen LogP contribution < -0.4 is 10.6 Å². The maximum absolute atomic E-state index is 12.5. The fraction of sp³-hybridized carbons (Fsp3) is 0.450. The van der Waals surface area contributed by atoms with Crippen LogP contribution in [0.15, 0.2) is 30.5 Å². The Morgan fingerprint density at radius 1 is 1.44 bits per heavy atom.